The summed E-state index contributed by atoms with van der Waals surface area (Å²) < 4.78 is 0. The molecule has 0 heterocycles. The van der Waals surface area contributed by atoms with Gasteiger partial charge in [-0.3, -0.25) is 0 Å². The zero-order chi connectivity index (χ0) is 7.82. The van der Waals surface area contributed by atoms with Crippen LogP contribution in [0.3, 0.4) is 0 Å². The normalized spacial score (nSPS) is 13.5. The molecule has 0 radical (unpaired) electrons. The van der Waals surface area contributed by atoms with Gasteiger partial charge in [0.15, 0.2) is 0 Å². The first-order valence-electron chi connectivity index (χ1n) is 3.68. The van der Waals surface area contributed by atoms with E-state index >= 15 is 0 Å². The van der Waals surface area contributed by atoms with Crippen molar-refractivity contribution in [2.75, 3.05) is 18.1 Å². The molecule has 0 rings (SSSR count). The van der Waals surface area contributed by atoms with Crippen molar-refractivity contribution in [1.82, 2.24) is 0 Å². The second kappa shape index (κ2) is 7.38. The largest absolute Gasteiger partial charge is 0.394 e. The van der Waals surface area contributed by atoms with E-state index in [0.29, 0.717) is 5.75 Å². The number of rotatable bonds is 6. The molecule has 0 unspecified atom stereocenters. The quantitative estimate of drug-likeness (QED) is 0.572. The molecule has 0 saturated heterocycles. The Hall–Kier alpha value is 0.270. The maximum atomic E-state index is 8.89. The summed E-state index contributed by atoms with van der Waals surface area (Å²) >= 11 is 1.70. The van der Waals surface area contributed by atoms with Gasteiger partial charge < -0.3 is 10.2 Å². The van der Waals surface area contributed by atoms with E-state index in [0.717, 1.165) is 5.75 Å². The molecular weight excluding hydrogens is 148 g/mol. The van der Waals surface area contributed by atoms with Gasteiger partial charge in [0.05, 0.1) is 12.7 Å². The summed E-state index contributed by atoms with van der Waals surface area (Å²) in [6.07, 6.45) is 1.87. The first-order chi connectivity index (χ1) is 4.81. The van der Waals surface area contributed by atoms with Crippen LogP contribution in [0.4, 0.5) is 0 Å². The standard InChI is InChI=1S/C7H16O2S/c1-2-3-4-10-6-7(9)5-8/h7-9H,2-6H2,1H3/t7-/m1/s1. The highest BCUT2D eigenvalue weighted by atomic mass is 32.2. The fraction of sp³-hybridized carbons (Fsp3) is 1.00. The van der Waals surface area contributed by atoms with Gasteiger partial charge in [-0.05, 0) is 12.2 Å². The Kier molecular flexibility index (Phi) is 7.58. The van der Waals surface area contributed by atoms with Gasteiger partial charge in [0, 0.05) is 5.75 Å². The zero-order valence-electron chi connectivity index (χ0n) is 6.42. The Morgan fingerprint density at radius 3 is 2.70 bits per heavy atom. The molecule has 62 valence electrons. The van der Waals surface area contributed by atoms with Crippen molar-refractivity contribution in [2.24, 2.45) is 0 Å². The molecule has 0 aromatic heterocycles. The Balaban J connectivity index is 2.89. The van der Waals surface area contributed by atoms with Gasteiger partial charge in [-0.15, -0.1) is 0 Å². The number of aliphatic hydroxyl groups excluding tert-OH is 2. The van der Waals surface area contributed by atoms with Gasteiger partial charge in [0.1, 0.15) is 0 Å². The van der Waals surface area contributed by atoms with E-state index in [1.54, 1.807) is 11.8 Å². The van der Waals surface area contributed by atoms with Crippen LogP contribution in [0.1, 0.15) is 19.8 Å². The van der Waals surface area contributed by atoms with Crippen LogP contribution in [0.25, 0.3) is 0 Å². The van der Waals surface area contributed by atoms with Crippen molar-refractivity contribution in [3.63, 3.8) is 0 Å². The summed E-state index contributed by atoms with van der Waals surface area (Å²) in [5.41, 5.74) is 0. The molecule has 0 saturated carbocycles. The van der Waals surface area contributed by atoms with Crippen molar-refractivity contribution < 1.29 is 10.2 Å². The first kappa shape index (κ1) is 10.3. The summed E-state index contributed by atoms with van der Waals surface area (Å²) in [5.74, 6) is 1.75. The number of aliphatic hydroxyl groups is 2. The number of hydrogen-bond acceptors (Lipinski definition) is 3. The Labute approximate surface area is 66.6 Å². The molecule has 0 aromatic rings. The SMILES string of the molecule is CCCCSC[C@H](O)CO. The molecule has 0 aliphatic heterocycles. The van der Waals surface area contributed by atoms with E-state index in [9.17, 15) is 0 Å². The highest BCUT2D eigenvalue weighted by molar-refractivity contribution is 7.99. The molecule has 0 fully saturated rings. The van der Waals surface area contributed by atoms with Crippen LogP contribution in [0.5, 0.6) is 0 Å². The minimum absolute atomic E-state index is 0.112. The van der Waals surface area contributed by atoms with Crippen molar-refractivity contribution >= 4 is 11.8 Å². The van der Waals surface area contributed by atoms with Crippen molar-refractivity contribution in [2.45, 2.75) is 25.9 Å². The van der Waals surface area contributed by atoms with Crippen LogP contribution in [0, 0.1) is 0 Å². The lowest BCUT2D eigenvalue weighted by Gasteiger charge is -2.04. The Morgan fingerprint density at radius 1 is 1.50 bits per heavy atom. The topological polar surface area (TPSA) is 40.5 Å². The molecule has 10 heavy (non-hydrogen) atoms. The third-order valence-electron chi connectivity index (χ3n) is 1.16. The summed E-state index contributed by atoms with van der Waals surface area (Å²) in [7, 11) is 0. The second-order valence-corrected chi connectivity index (χ2v) is 3.41. The molecular formula is C7H16O2S. The monoisotopic (exact) mass is 164 g/mol. The van der Waals surface area contributed by atoms with Crippen LogP contribution < -0.4 is 0 Å². The zero-order valence-corrected chi connectivity index (χ0v) is 7.23. The molecule has 0 bridgehead atoms. The molecule has 0 aliphatic carbocycles. The van der Waals surface area contributed by atoms with Crippen molar-refractivity contribution in [3.05, 3.63) is 0 Å². The minimum Gasteiger partial charge on any atom is -0.394 e. The third-order valence-corrected chi connectivity index (χ3v) is 2.36. The molecule has 2 nitrogen and oxygen atoms in total. The fourth-order valence-corrected chi connectivity index (χ4v) is 1.56. The lowest BCUT2D eigenvalue weighted by atomic mass is 10.4. The molecule has 0 aromatic carbocycles. The number of thioether (sulfide) groups is 1. The predicted molar refractivity (Wildman–Crippen MR) is 45.3 cm³/mol. The average molecular weight is 164 g/mol. The van der Waals surface area contributed by atoms with Gasteiger partial charge >= 0.3 is 0 Å². The third kappa shape index (κ3) is 6.39. The van der Waals surface area contributed by atoms with Gasteiger partial charge in [-0.1, -0.05) is 13.3 Å². The molecule has 2 N–H and O–H groups in total. The Bertz CT molecular complexity index is 68.6. The van der Waals surface area contributed by atoms with Gasteiger partial charge in [0.2, 0.25) is 0 Å². The van der Waals surface area contributed by atoms with Crippen LogP contribution in [-0.2, 0) is 0 Å². The van der Waals surface area contributed by atoms with Crippen LogP contribution in [0.2, 0.25) is 0 Å². The fourth-order valence-electron chi connectivity index (χ4n) is 0.518. The van der Waals surface area contributed by atoms with E-state index in [2.05, 4.69) is 6.92 Å². The maximum Gasteiger partial charge on any atom is 0.0861 e. The van der Waals surface area contributed by atoms with Crippen LogP contribution in [0.15, 0.2) is 0 Å². The van der Waals surface area contributed by atoms with Gasteiger partial charge in [-0.2, -0.15) is 11.8 Å². The van der Waals surface area contributed by atoms with Crippen molar-refractivity contribution in [3.8, 4) is 0 Å². The van der Waals surface area contributed by atoms with Crippen LogP contribution >= 0.6 is 11.8 Å². The van der Waals surface area contributed by atoms with Crippen LogP contribution in [-0.4, -0.2) is 34.4 Å². The first-order valence-corrected chi connectivity index (χ1v) is 4.83. The Morgan fingerprint density at radius 2 is 2.20 bits per heavy atom. The molecule has 0 spiro atoms. The average Bonchev–Trinajstić information content (AvgIpc) is 1.98. The summed E-state index contributed by atoms with van der Waals surface area (Å²) in [6.45, 7) is 2.03. The molecule has 0 aliphatic rings. The van der Waals surface area contributed by atoms with Gasteiger partial charge in [0.25, 0.3) is 0 Å². The summed E-state index contributed by atoms with van der Waals surface area (Å²) in [5, 5.41) is 17.3. The van der Waals surface area contributed by atoms with E-state index in [1.807, 2.05) is 0 Å². The highest BCUT2D eigenvalue weighted by Crippen LogP contribution is 2.05. The molecule has 1 atom stereocenters. The molecule has 0 amide bonds. The lowest BCUT2D eigenvalue weighted by molar-refractivity contribution is 0.113. The van der Waals surface area contributed by atoms with Gasteiger partial charge in [-0.25, -0.2) is 0 Å². The van der Waals surface area contributed by atoms with E-state index in [-0.39, 0.29) is 6.61 Å². The second-order valence-electron chi connectivity index (χ2n) is 2.26. The number of hydrogen-bond donors (Lipinski definition) is 2. The van der Waals surface area contributed by atoms with E-state index in [4.69, 9.17) is 10.2 Å². The smallest absolute Gasteiger partial charge is 0.0861 e. The number of unbranched alkanes of at least 4 members (excludes halogenated alkanes) is 1. The summed E-state index contributed by atoms with van der Waals surface area (Å²) in [6, 6.07) is 0. The molecule has 3 heteroatoms. The highest BCUT2D eigenvalue weighted by Gasteiger charge is 1.99. The maximum absolute atomic E-state index is 8.89. The van der Waals surface area contributed by atoms with E-state index in [1.165, 1.54) is 12.8 Å². The minimum atomic E-state index is -0.526. The van der Waals surface area contributed by atoms with Crippen molar-refractivity contribution in [1.29, 1.82) is 0 Å². The summed E-state index contributed by atoms with van der Waals surface area (Å²) in [4.78, 5) is 0. The lowest BCUT2D eigenvalue weighted by Crippen LogP contribution is -2.14. The predicted octanol–water partition coefficient (Wildman–Crippen LogP) is 0.873. The van der Waals surface area contributed by atoms with E-state index < -0.39 is 6.10 Å².